The van der Waals surface area contributed by atoms with E-state index in [0.29, 0.717) is 6.54 Å². The summed E-state index contributed by atoms with van der Waals surface area (Å²) in [4.78, 5) is 10.8. The molecule has 0 aromatic carbocycles. The van der Waals surface area contributed by atoms with Crippen molar-refractivity contribution in [1.82, 2.24) is 19.9 Å². The van der Waals surface area contributed by atoms with E-state index < -0.39 is 10.0 Å². The van der Waals surface area contributed by atoms with Gasteiger partial charge in [-0.15, -0.1) is 24.0 Å². The van der Waals surface area contributed by atoms with Crippen LogP contribution in [0.25, 0.3) is 0 Å². The Balaban J connectivity index is 0.00000312. The summed E-state index contributed by atoms with van der Waals surface area (Å²) in [5.41, 5.74) is 0. The van der Waals surface area contributed by atoms with Crippen molar-refractivity contribution in [2.75, 3.05) is 32.7 Å². The van der Waals surface area contributed by atoms with Crippen molar-refractivity contribution in [1.29, 1.82) is 0 Å². The van der Waals surface area contributed by atoms with E-state index in [2.05, 4.69) is 31.8 Å². The summed E-state index contributed by atoms with van der Waals surface area (Å²) < 4.78 is 26.8. The van der Waals surface area contributed by atoms with Crippen LogP contribution >= 0.6 is 24.0 Å². The molecule has 0 saturated carbocycles. The van der Waals surface area contributed by atoms with Gasteiger partial charge in [0.2, 0.25) is 10.0 Å². The summed E-state index contributed by atoms with van der Waals surface area (Å²) >= 11 is 0. The summed E-state index contributed by atoms with van der Waals surface area (Å²) in [5.74, 6) is 1.63. The molecule has 1 aromatic rings. The molecule has 0 spiro atoms. The zero-order valence-corrected chi connectivity index (χ0v) is 18.0. The number of hydrogen-bond donors (Lipinski definition) is 2. The number of halogens is 1. The number of piperidine rings is 1. The largest absolute Gasteiger partial charge is 0.357 e. The summed E-state index contributed by atoms with van der Waals surface area (Å²) in [6, 6.07) is 3.13. The van der Waals surface area contributed by atoms with Gasteiger partial charge in [-0.05, 0) is 37.8 Å². The topological polar surface area (TPSA) is 86.7 Å². The van der Waals surface area contributed by atoms with Gasteiger partial charge < -0.3 is 10.2 Å². The minimum Gasteiger partial charge on any atom is -0.357 e. The molecule has 25 heavy (non-hydrogen) atoms. The molecule has 0 amide bonds. The highest BCUT2D eigenvalue weighted by Gasteiger charge is 2.18. The van der Waals surface area contributed by atoms with Gasteiger partial charge in [0.25, 0.3) is 0 Å². The van der Waals surface area contributed by atoms with Gasteiger partial charge in [-0.25, -0.2) is 13.1 Å². The molecule has 1 aliphatic rings. The third kappa shape index (κ3) is 7.06. The number of aliphatic imine (C=N–C) groups is 1. The van der Waals surface area contributed by atoms with E-state index in [9.17, 15) is 8.42 Å². The lowest BCUT2D eigenvalue weighted by molar-refractivity contribution is 0.273. The van der Waals surface area contributed by atoms with Crippen molar-refractivity contribution >= 4 is 40.0 Å². The first-order valence-electron chi connectivity index (χ1n) is 8.46. The Morgan fingerprint density at radius 2 is 2.12 bits per heavy atom. The van der Waals surface area contributed by atoms with Gasteiger partial charge in [0, 0.05) is 38.6 Å². The molecule has 2 heterocycles. The number of nitrogens with one attached hydrogen (secondary N) is 2. The number of nitrogens with zero attached hydrogens (tertiary/aromatic N) is 3. The van der Waals surface area contributed by atoms with Crippen LogP contribution in [0.15, 0.2) is 34.4 Å². The van der Waals surface area contributed by atoms with Crippen LogP contribution < -0.4 is 10.0 Å². The first kappa shape index (κ1) is 22.1. The van der Waals surface area contributed by atoms with Gasteiger partial charge in [-0.2, -0.15) is 0 Å². The number of rotatable bonds is 6. The minimum atomic E-state index is -3.52. The zero-order valence-electron chi connectivity index (χ0n) is 14.8. The third-order valence-corrected chi connectivity index (χ3v) is 5.47. The average Bonchev–Trinajstić information content (AvgIpc) is 2.59. The van der Waals surface area contributed by atoms with Gasteiger partial charge in [0.1, 0.15) is 4.90 Å². The number of hydrogen-bond acceptors (Lipinski definition) is 4. The highest BCUT2D eigenvalue weighted by molar-refractivity contribution is 14.0. The predicted octanol–water partition coefficient (Wildman–Crippen LogP) is 1.68. The quantitative estimate of drug-likeness (QED) is 0.280. The normalized spacial score (nSPS) is 16.4. The maximum Gasteiger partial charge on any atom is 0.242 e. The van der Waals surface area contributed by atoms with Crippen LogP contribution in [0.1, 0.15) is 26.7 Å². The second-order valence-electron chi connectivity index (χ2n) is 5.99. The smallest absolute Gasteiger partial charge is 0.242 e. The molecule has 0 aliphatic carbocycles. The highest BCUT2D eigenvalue weighted by atomic mass is 127. The van der Waals surface area contributed by atoms with E-state index in [4.69, 9.17) is 0 Å². The van der Waals surface area contributed by atoms with Crippen molar-refractivity contribution in [3.05, 3.63) is 24.5 Å². The molecule has 9 heteroatoms. The van der Waals surface area contributed by atoms with E-state index in [-0.39, 0.29) is 35.4 Å². The zero-order chi connectivity index (χ0) is 17.4. The second kappa shape index (κ2) is 10.9. The molecule has 142 valence electrons. The number of pyridine rings is 1. The Bertz CT molecular complexity index is 631. The predicted molar refractivity (Wildman–Crippen MR) is 111 cm³/mol. The van der Waals surface area contributed by atoms with Crippen molar-refractivity contribution in [3.8, 4) is 0 Å². The van der Waals surface area contributed by atoms with Crippen molar-refractivity contribution in [2.24, 2.45) is 10.9 Å². The third-order valence-electron chi connectivity index (χ3n) is 4.03. The lowest BCUT2D eigenvalue weighted by Gasteiger charge is -2.33. The first-order chi connectivity index (χ1) is 11.5. The van der Waals surface area contributed by atoms with E-state index in [1.807, 2.05) is 6.92 Å². The molecule has 7 nitrogen and oxygen atoms in total. The molecule has 0 bridgehead atoms. The number of likely N-dealkylation sites (tertiary alicyclic amines) is 1. The van der Waals surface area contributed by atoms with Crippen LogP contribution in [0.4, 0.5) is 0 Å². The van der Waals surface area contributed by atoms with Gasteiger partial charge in [0.15, 0.2) is 5.96 Å². The van der Waals surface area contributed by atoms with Crippen LogP contribution in [0.2, 0.25) is 0 Å². The van der Waals surface area contributed by atoms with Crippen molar-refractivity contribution < 1.29 is 8.42 Å². The van der Waals surface area contributed by atoms with Crippen molar-refractivity contribution in [3.63, 3.8) is 0 Å². The average molecular weight is 481 g/mol. The molecule has 0 radical (unpaired) electrons. The maximum absolute atomic E-state index is 12.1. The second-order valence-corrected chi connectivity index (χ2v) is 7.76. The fourth-order valence-electron chi connectivity index (χ4n) is 2.58. The lowest BCUT2D eigenvalue weighted by atomic mass is 10.00. The van der Waals surface area contributed by atoms with Crippen LogP contribution in [-0.4, -0.2) is 57.0 Å². The first-order valence-corrected chi connectivity index (χ1v) is 9.94. The van der Waals surface area contributed by atoms with Crippen LogP contribution in [0.5, 0.6) is 0 Å². The van der Waals surface area contributed by atoms with Crippen LogP contribution in [0, 0.1) is 5.92 Å². The Morgan fingerprint density at radius 1 is 1.40 bits per heavy atom. The number of sulfonamides is 1. The molecule has 0 atom stereocenters. The number of aromatic nitrogens is 1. The van der Waals surface area contributed by atoms with E-state index >= 15 is 0 Å². The van der Waals surface area contributed by atoms with E-state index in [1.54, 1.807) is 12.3 Å². The Labute approximate surface area is 167 Å². The summed E-state index contributed by atoms with van der Waals surface area (Å²) in [6.45, 7) is 7.75. The Hall–Kier alpha value is -0.940. The molecule has 2 rings (SSSR count). The van der Waals surface area contributed by atoms with Crippen LogP contribution in [0.3, 0.4) is 0 Å². The van der Waals surface area contributed by atoms with Gasteiger partial charge >= 0.3 is 0 Å². The summed E-state index contributed by atoms with van der Waals surface area (Å²) in [7, 11) is -3.52. The fraction of sp³-hybridized carbons (Fsp3) is 0.625. The number of guanidine groups is 1. The molecule has 0 unspecified atom stereocenters. The molecular formula is C16H28IN5O2S. The van der Waals surface area contributed by atoms with Gasteiger partial charge in [-0.3, -0.25) is 9.98 Å². The Morgan fingerprint density at radius 3 is 2.72 bits per heavy atom. The maximum atomic E-state index is 12.1. The van der Waals surface area contributed by atoms with Gasteiger partial charge in [-0.1, -0.05) is 6.92 Å². The molecule has 1 saturated heterocycles. The molecule has 1 aromatic heterocycles. The minimum absolute atomic E-state index is 0. The van der Waals surface area contributed by atoms with E-state index in [1.165, 1.54) is 12.3 Å². The molecule has 2 N–H and O–H groups in total. The van der Waals surface area contributed by atoms with Crippen molar-refractivity contribution in [2.45, 2.75) is 31.6 Å². The lowest BCUT2D eigenvalue weighted by Crippen LogP contribution is -2.45. The van der Waals surface area contributed by atoms with Crippen LogP contribution in [-0.2, 0) is 10.0 Å². The molecule has 1 fully saturated rings. The summed E-state index contributed by atoms with van der Waals surface area (Å²) in [6.07, 6.45) is 5.21. The standard InChI is InChI=1S/C16H27N5O2S.HI/c1-3-18-16(21-11-6-14(2)7-12-21)19-9-10-20-24(22,23)15-5-4-8-17-13-15;/h4-5,8,13-14,20H,3,6-7,9-12H2,1-2H3,(H,18,19);1H. The molecule has 1 aliphatic heterocycles. The summed E-state index contributed by atoms with van der Waals surface area (Å²) in [5, 5.41) is 3.29. The van der Waals surface area contributed by atoms with E-state index in [0.717, 1.165) is 44.4 Å². The Kier molecular flexibility index (Phi) is 9.65. The molecular weight excluding hydrogens is 453 g/mol. The van der Waals surface area contributed by atoms with Gasteiger partial charge in [0.05, 0.1) is 6.54 Å². The monoisotopic (exact) mass is 481 g/mol. The fourth-order valence-corrected chi connectivity index (χ4v) is 3.56. The SMILES string of the molecule is CCNC(=NCCNS(=O)(=O)c1cccnc1)N1CCC(C)CC1.I. The highest BCUT2D eigenvalue weighted by Crippen LogP contribution is 2.15.